The van der Waals surface area contributed by atoms with Crippen LogP contribution < -0.4 is 4.74 Å². The molecule has 2 nitrogen and oxygen atoms in total. The number of halogens is 2. The lowest BCUT2D eigenvalue weighted by atomic mass is 10.3. The molecule has 0 aliphatic rings. The molecule has 0 fully saturated rings. The van der Waals surface area contributed by atoms with E-state index in [1.54, 1.807) is 0 Å². The molecule has 0 saturated carbocycles. The van der Waals surface area contributed by atoms with Gasteiger partial charge in [0.1, 0.15) is 5.75 Å². The van der Waals surface area contributed by atoms with Crippen LogP contribution in [-0.2, 0) is 0 Å². The Kier molecular flexibility index (Phi) is 3.96. The number of hydrogen-bond acceptors (Lipinski definition) is 2. The Hall–Kier alpha value is -0.830. The lowest BCUT2D eigenvalue weighted by Crippen LogP contribution is -1.97. The summed E-state index contributed by atoms with van der Waals surface area (Å²) in [5, 5.41) is -0.122. The van der Waals surface area contributed by atoms with Crippen molar-refractivity contribution < 1.29 is 9.13 Å². The van der Waals surface area contributed by atoms with Crippen molar-refractivity contribution in [1.29, 1.82) is 0 Å². The zero-order valence-corrected chi connectivity index (χ0v) is 8.14. The Morgan fingerprint density at radius 3 is 3.00 bits per heavy atom. The van der Waals surface area contributed by atoms with E-state index in [0.717, 1.165) is 12.8 Å². The molecule has 1 aromatic heterocycles. The van der Waals surface area contributed by atoms with Crippen LogP contribution in [0, 0.1) is 5.82 Å². The highest BCUT2D eigenvalue weighted by molar-refractivity contribution is 6.29. The van der Waals surface area contributed by atoms with Gasteiger partial charge in [-0.1, -0.05) is 24.9 Å². The van der Waals surface area contributed by atoms with Crippen LogP contribution in [0.25, 0.3) is 0 Å². The van der Waals surface area contributed by atoms with Crippen LogP contribution in [0.4, 0.5) is 4.39 Å². The van der Waals surface area contributed by atoms with E-state index in [4.69, 9.17) is 16.3 Å². The summed E-state index contributed by atoms with van der Waals surface area (Å²) < 4.78 is 18.0. The zero-order valence-electron chi connectivity index (χ0n) is 7.39. The zero-order chi connectivity index (χ0) is 9.68. The molecule has 0 aliphatic carbocycles. The fraction of sp³-hybridized carbons (Fsp3) is 0.444. The lowest BCUT2D eigenvalue weighted by molar-refractivity contribution is 0.306. The quantitative estimate of drug-likeness (QED) is 0.554. The van der Waals surface area contributed by atoms with E-state index in [-0.39, 0.29) is 5.15 Å². The molecule has 0 unspecified atom stereocenters. The molecular weight excluding hydrogens is 193 g/mol. The molecule has 72 valence electrons. The van der Waals surface area contributed by atoms with E-state index in [0.29, 0.717) is 12.4 Å². The third-order valence-electron chi connectivity index (χ3n) is 1.54. The molecule has 0 radical (unpaired) electrons. The first kappa shape index (κ1) is 10.3. The van der Waals surface area contributed by atoms with Crippen molar-refractivity contribution in [1.82, 2.24) is 4.98 Å². The average molecular weight is 204 g/mol. The number of pyridine rings is 1. The predicted molar refractivity (Wildman–Crippen MR) is 49.6 cm³/mol. The minimum atomic E-state index is -0.546. The minimum Gasteiger partial charge on any atom is -0.492 e. The first-order chi connectivity index (χ1) is 6.24. The van der Waals surface area contributed by atoms with Crippen molar-refractivity contribution in [2.24, 2.45) is 0 Å². The largest absolute Gasteiger partial charge is 0.492 e. The Bertz CT molecular complexity index is 280. The van der Waals surface area contributed by atoms with Crippen LogP contribution in [0.2, 0.25) is 5.15 Å². The van der Waals surface area contributed by atoms with Gasteiger partial charge in [0.2, 0.25) is 0 Å². The second-order valence-electron chi connectivity index (χ2n) is 2.65. The van der Waals surface area contributed by atoms with Crippen molar-refractivity contribution in [2.45, 2.75) is 19.8 Å². The van der Waals surface area contributed by atoms with Gasteiger partial charge in [0, 0.05) is 6.07 Å². The molecular formula is C9H11ClFNO. The standard InChI is InChI=1S/C9H11ClFNO/c1-2-3-4-13-7-5-8(11)9(10)12-6-7/h5-6H,2-4H2,1H3. The number of hydrogen-bond donors (Lipinski definition) is 0. The molecule has 0 N–H and O–H groups in total. The first-order valence-corrected chi connectivity index (χ1v) is 4.55. The summed E-state index contributed by atoms with van der Waals surface area (Å²) in [5.74, 6) is -0.119. The molecule has 0 saturated heterocycles. The number of ether oxygens (including phenoxy) is 1. The Morgan fingerprint density at radius 1 is 1.62 bits per heavy atom. The molecule has 0 aromatic carbocycles. The van der Waals surface area contributed by atoms with Gasteiger partial charge in [0.25, 0.3) is 0 Å². The van der Waals surface area contributed by atoms with Crippen molar-refractivity contribution in [2.75, 3.05) is 6.61 Å². The van der Waals surface area contributed by atoms with E-state index >= 15 is 0 Å². The van der Waals surface area contributed by atoms with Crippen LogP contribution >= 0.6 is 11.6 Å². The highest BCUT2D eigenvalue weighted by atomic mass is 35.5. The van der Waals surface area contributed by atoms with E-state index in [9.17, 15) is 4.39 Å². The Morgan fingerprint density at radius 2 is 2.38 bits per heavy atom. The van der Waals surface area contributed by atoms with Gasteiger partial charge in [-0.3, -0.25) is 0 Å². The summed E-state index contributed by atoms with van der Waals surface area (Å²) in [7, 11) is 0. The van der Waals surface area contributed by atoms with Gasteiger partial charge in [-0.2, -0.15) is 0 Å². The summed E-state index contributed by atoms with van der Waals surface area (Å²) in [6.45, 7) is 2.64. The maximum Gasteiger partial charge on any atom is 0.164 e. The number of unbranched alkanes of at least 4 members (excludes halogenated alkanes) is 1. The van der Waals surface area contributed by atoms with Gasteiger partial charge in [0.05, 0.1) is 12.8 Å². The molecule has 4 heteroatoms. The monoisotopic (exact) mass is 203 g/mol. The normalized spacial score (nSPS) is 10.1. The number of nitrogens with zero attached hydrogens (tertiary/aromatic N) is 1. The number of rotatable bonds is 4. The van der Waals surface area contributed by atoms with Gasteiger partial charge in [-0.15, -0.1) is 0 Å². The molecule has 0 aliphatic heterocycles. The summed E-state index contributed by atoms with van der Waals surface area (Å²) >= 11 is 5.40. The van der Waals surface area contributed by atoms with Crippen LogP contribution in [0.3, 0.4) is 0 Å². The summed E-state index contributed by atoms with van der Waals surface area (Å²) in [5.41, 5.74) is 0. The maximum absolute atomic E-state index is 12.8. The Balaban J connectivity index is 2.53. The first-order valence-electron chi connectivity index (χ1n) is 4.18. The van der Waals surface area contributed by atoms with Crippen molar-refractivity contribution in [3.8, 4) is 5.75 Å². The molecule has 0 amide bonds. The van der Waals surface area contributed by atoms with Gasteiger partial charge in [-0.25, -0.2) is 9.37 Å². The van der Waals surface area contributed by atoms with Gasteiger partial charge >= 0.3 is 0 Å². The van der Waals surface area contributed by atoms with E-state index in [1.807, 2.05) is 0 Å². The Labute approximate surface area is 81.7 Å². The van der Waals surface area contributed by atoms with E-state index in [1.165, 1.54) is 12.3 Å². The molecule has 1 aromatic rings. The highest BCUT2D eigenvalue weighted by Gasteiger charge is 2.02. The fourth-order valence-corrected chi connectivity index (χ4v) is 0.920. The average Bonchev–Trinajstić information content (AvgIpc) is 2.12. The molecule has 1 rings (SSSR count). The topological polar surface area (TPSA) is 22.1 Å². The molecule has 1 heterocycles. The van der Waals surface area contributed by atoms with Crippen LogP contribution in [-0.4, -0.2) is 11.6 Å². The van der Waals surface area contributed by atoms with Crippen molar-refractivity contribution in [3.63, 3.8) is 0 Å². The number of aromatic nitrogens is 1. The molecule has 0 bridgehead atoms. The summed E-state index contributed by atoms with van der Waals surface area (Å²) in [6.07, 6.45) is 3.41. The lowest BCUT2D eigenvalue weighted by Gasteiger charge is -2.04. The second-order valence-corrected chi connectivity index (χ2v) is 3.00. The van der Waals surface area contributed by atoms with Crippen molar-refractivity contribution >= 4 is 11.6 Å². The van der Waals surface area contributed by atoms with Crippen LogP contribution in [0.5, 0.6) is 5.75 Å². The molecule has 0 spiro atoms. The van der Waals surface area contributed by atoms with Crippen LogP contribution in [0.1, 0.15) is 19.8 Å². The summed E-state index contributed by atoms with van der Waals surface area (Å²) in [6, 6.07) is 1.24. The third kappa shape index (κ3) is 3.19. The van der Waals surface area contributed by atoms with E-state index in [2.05, 4.69) is 11.9 Å². The van der Waals surface area contributed by atoms with Crippen molar-refractivity contribution in [3.05, 3.63) is 23.2 Å². The van der Waals surface area contributed by atoms with Crippen LogP contribution in [0.15, 0.2) is 12.3 Å². The van der Waals surface area contributed by atoms with Gasteiger partial charge < -0.3 is 4.74 Å². The van der Waals surface area contributed by atoms with Gasteiger partial charge in [0.15, 0.2) is 11.0 Å². The molecule has 13 heavy (non-hydrogen) atoms. The third-order valence-corrected chi connectivity index (χ3v) is 1.82. The maximum atomic E-state index is 12.8. The summed E-state index contributed by atoms with van der Waals surface area (Å²) in [4.78, 5) is 3.62. The fourth-order valence-electron chi connectivity index (χ4n) is 0.817. The smallest absolute Gasteiger partial charge is 0.164 e. The molecule has 0 atom stereocenters. The highest BCUT2D eigenvalue weighted by Crippen LogP contribution is 2.17. The van der Waals surface area contributed by atoms with Gasteiger partial charge in [-0.05, 0) is 6.42 Å². The van der Waals surface area contributed by atoms with E-state index < -0.39 is 5.82 Å². The predicted octanol–water partition coefficient (Wildman–Crippen LogP) is 3.05. The minimum absolute atomic E-state index is 0.122. The second kappa shape index (κ2) is 5.02. The SMILES string of the molecule is CCCCOc1cnc(Cl)c(F)c1.